The Balaban J connectivity index is 2.09. The van der Waals surface area contributed by atoms with Gasteiger partial charge in [-0.2, -0.15) is 0 Å². The molecule has 3 nitrogen and oxygen atoms in total. The van der Waals surface area contributed by atoms with Crippen molar-refractivity contribution in [3.05, 3.63) is 65.2 Å². The maximum Gasteiger partial charge on any atom is 0.238 e. The number of allylic oxidation sites excluding steroid dienone is 1. The summed E-state index contributed by atoms with van der Waals surface area (Å²) in [4.78, 5) is 17.1. The number of halogens is 1. The van der Waals surface area contributed by atoms with Crippen LogP contribution in [0.4, 0.5) is 5.69 Å². The van der Waals surface area contributed by atoms with Gasteiger partial charge in [0, 0.05) is 16.5 Å². The van der Waals surface area contributed by atoms with Gasteiger partial charge in [0.1, 0.15) is 0 Å². The lowest BCUT2D eigenvalue weighted by atomic mass is 9.37. The molecular formula is C21H21ClN2O. The number of benzene rings is 1. The highest BCUT2D eigenvalue weighted by Gasteiger charge is 2.73. The van der Waals surface area contributed by atoms with Gasteiger partial charge in [-0.1, -0.05) is 45.0 Å². The van der Waals surface area contributed by atoms with Crippen molar-refractivity contribution in [2.75, 3.05) is 5.32 Å². The molecule has 1 heterocycles. The van der Waals surface area contributed by atoms with Gasteiger partial charge in [-0.3, -0.25) is 4.79 Å². The number of para-hydroxylation sites is 1. The van der Waals surface area contributed by atoms with Gasteiger partial charge in [-0.05, 0) is 35.0 Å². The van der Waals surface area contributed by atoms with Crippen molar-refractivity contribution in [2.45, 2.75) is 38.0 Å². The second kappa shape index (κ2) is 4.77. The summed E-state index contributed by atoms with van der Waals surface area (Å²) < 4.78 is 0. The molecule has 128 valence electrons. The Kier molecular flexibility index (Phi) is 3.13. The zero-order valence-electron chi connectivity index (χ0n) is 14.7. The summed E-state index contributed by atoms with van der Waals surface area (Å²) in [5, 5.41) is 2.85. The highest BCUT2D eigenvalue weighted by molar-refractivity contribution is 6.22. The minimum absolute atomic E-state index is 0.0227. The lowest BCUT2D eigenvalue weighted by Gasteiger charge is -2.65. The van der Waals surface area contributed by atoms with Gasteiger partial charge in [0.15, 0.2) is 5.70 Å². The summed E-state index contributed by atoms with van der Waals surface area (Å²) in [6, 6.07) is 7.83. The molecule has 0 unspecified atom stereocenters. The first-order valence-electron chi connectivity index (χ1n) is 8.58. The molecule has 0 radical (unpaired) electrons. The normalized spacial score (nSPS) is 37.6. The number of hydrogen-bond donors (Lipinski definition) is 1. The SMILES string of the molecule is [C-]#[N+]C1=C2[C@H](C[C@@H](Cl)[C@@]1(C)C=C)C(C)(C)[C@@]21C(=O)Nc2ccccc21. The standard InChI is InChI=1S/C21H21ClN2O/c1-6-20(4)15(22)11-13-16(17(20)23-5)21(19(13,2)3)12-9-7-8-10-14(12)24-18(21)25/h6-10,13,15H,1,11H2,2-4H3,(H,24,25)/t13-,15+,20+,21+/m0/s1. The van der Waals surface area contributed by atoms with Gasteiger partial charge in [0.05, 0.1) is 12.0 Å². The van der Waals surface area contributed by atoms with Crippen molar-refractivity contribution in [3.8, 4) is 0 Å². The Morgan fingerprint density at radius 1 is 1.36 bits per heavy atom. The minimum Gasteiger partial charge on any atom is -0.325 e. The maximum atomic E-state index is 13.2. The second-order valence-corrected chi connectivity index (χ2v) is 8.61. The number of alkyl halides is 1. The summed E-state index contributed by atoms with van der Waals surface area (Å²) in [7, 11) is 0. The molecule has 1 amide bonds. The molecule has 0 saturated heterocycles. The molecule has 1 N–H and O–H groups in total. The van der Waals surface area contributed by atoms with Crippen LogP contribution in [0.2, 0.25) is 0 Å². The van der Waals surface area contributed by atoms with Crippen LogP contribution < -0.4 is 5.32 Å². The van der Waals surface area contributed by atoms with Crippen LogP contribution in [0.15, 0.2) is 48.2 Å². The van der Waals surface area contributed by atoms with Crippen molar-refractivity contribution in [1.29, 1.82) is 0 Å². The molecule has 1 fully saturated rings. The Morgan fingerprint density at radius 2 is 2.04 bits per heavy atom. The number of anilines is 1. The van der Waals surface area contributed by atoms with Crippen molar-refractivity contribution in [3.63, 3.8) is 0 Å². The van der Waals surface area contributed by atoms with Crippen LogP contribution in [0.25, 0.3) is 4.85 Å². The molecule has 1 saturated carbocycles. The third kappa shape index (κ3) is 1.56. The van der Waals surface area contributed by atoms with Crippen molar-refractivity contribution in [1.82, 2.24) is 0 Å². The fourth-order valence-electron chi connectivity index (χ4n) is 5.37. The smallest absolute Gasteiger partial charge is 0.238 e. The van der Waals surface area contributed by atoms with Gasteiger partial charge in [-0.15, -0.1) is 18.2 Å². The molecule has 1 spiro atoms. The summed E-state index contributed by atoms with van der Waals surface area (Å²) in [6.45, 7) is 18.0. The molecular weight excluding hydrogens is 332 g/mol. The molecule has 0 aromatic heterocycles. The van der Waals surface area contributed by atoms with Crippen LogP contribution in [0.5, 0.6) is 0 Å². The minimum atomic E-state index is -0.782. The predicted molar refractivity (Wildman–Crippen MR) is 100 cm³/mol. The number of hydrogen-bond acceptors (Lipinski definition) is 1. The van der Waals surface area contributed by atoms with E-state index in [0.717, 1.165) is 23.2 Å². The molecule has 4 atom stereocenters. The van der Waals surface area contributed by atoms with E-state index >= 15 is 0 Å². The Hall–Kier alpha value is -2.05. The Bertz CT molecular complexity index is 893. The zero-order valence-corrected chi connectivity index (χ0v) is 15.4. The van der Waals surface area contributed by atoms with Crippen LogP contribution in [-0.4, -0.2) is 11.3 Å². The zero-order chi connectivity index (χ0) is 18.2. The number of fused-ring (bicyclic) bond motifs is 4. The van der Waals surface area contributed by atoms with E-state index in [1.54, 1.807) is 6.08 Å². The predicted octanol–water partition coefficient (Wildman–Crippen LogP) is 4.91. The number of amides is 1. The van der Waals surface area contributed by atoms with E-state index in [2.05, 4.69) is 30.6 Å². The molecule has 0 bridgehead atoms. The van der Waals surface area contributed by atoms with Crippen LogP contribution in [0.3, 0.4) is 0 Å². The monoisotopic (exact) mass is 352 g/mol. The number of nitrogens with zero attached hydrogens (tertiary/aromatic N) is 1. The van der Waals surface area contributed by atoms with E-state index in [4.69, 9.17) is 18.2 Å². The molecule has 1 aliphatic heterocycles. The first kappa shape index (κ1) is 16.4. The molecule has 1 aromatic rings. The van der Waals surface area contributed by atoms with Gasteiger partial charge in [0.25, 0.3) is 0 Å². The average Bonchev–Trinajstić information content (AvgIpc) is 2.91. The summed E-state index contributed by atoms with van der Waals surface area (Å²) in [5.41, 5.74) is 1.69. The van der Waals surface area contributed by atoms with Crippen molar-refractivity contribution < 1.29 is 4.79 Å². The molecule has 4 heteroatoms. The van der Waals surface area contributed by atoms with E-state index in [1.165, 1.54) is 0 Å². The molecule has 1 aromatic carbocycles. The highest BCUT2D eigenvalue weighted by Crippen LogP contribution is 2.73. The Morgan fingerprint density at radius 3 is 2.68 bits per heavy atom. The van der Waals surface area contributed by atoms with Crippen molar-refractivity contribution in [2.24, 2.45) is 16.7 Å². The topological polar surface area (TPSA) is 33.5 Å². The first-order valence-corrected chi connectivity index (χ1v) is 9.01. The molecule has 4 rings (SSSR count). The summed E-state index contributed by atoms with van der Waals surface area (Å²) in [6.07, 6.45) is 2.53. The van der Waals surface area contributed by atoms with Crippen LogP contribution in [-0.2, 0) is 10.2 Å². The first-order chi connectivity index (χ1) is 11.8. The summed E-state index contributed by atoms with van der Waals surface area (Å²) >= 11 is 6.70. The summed E-state index contributed by atoms with van der Waals surface area (Å²) in [5.74, 6) is 0.106. The van der Waals surface area contributed by atoms with Crippen LogP contribution in [0.1, 0.15) is 32.8 Å². The maximum absolute atomic E-state index is 13.2. The molecule has 3 aliphatic rings. The lowest BCUT2D eigenvalue weighted by molar-refractivity contribution is -0.131. The van der Waals surface area contributed by atoms with Crippen molar-refractivity contribution >= 4 is 23.2 Å². The van der Waals surface area contributed by atoms with E-state index < -0.39 is 10.8 Å². The third-order valence-electron chi connectivity index (χ3n) is 6.90. The highest BCUT2D eigenvalue weighted by atomic mass is 35.5. The quantitative estimate of drug-likeness (QED) is 0.435. The van der Waals surface area contributed by atoms with Gasteiger partial charge < -0.3 is 5.32 Å². The van der Waals surface area contributed by atoms with E-state index in [0.29, 0.717) is 5.70 Å². The van der Waals surface area contributed by atoms with E-state index in [1.807, 2.05) is 31.2 Å². The largest absolute Gasteiger partial charge is 0.325 e. The van der Waals surface area contributed by atoms with Gasteiger partial charge in [-0.25, -0.2) is 4.85 Å². The van der Waals surface area contributed by atoms with Gasteiger partial charge >= 0.3 is 0 Å². The van der Waals surface area contributed by atoms with Crippen LogP contribution in [0, 0.1) is 23.3 Å². The van der Waals surface area contributed by atoms with Gasteiger partial charge in [0.2, 0.25) is 5.91 Å². The van der Waals surface area contributed by atoms with Crippen LogP contribution >= 0.6 is 11.6 Å². The molecule has 2 aliphatic carbocycles. The Labute approximate surface area is 153 Å². The number of nitrogens with one attached hydrogen (secondary N) is 1. The number of carbonyl (C=O) groups excluding carboxylic acids is 1. The average molecular weight is 353 g/mol. The fourth-order valence-corrected chi connectivity index (χ4v) is 5.74. The lowest BCUT2D eigenvalue weighted by Crippen LogP contribution is -2.67. The number of carbonyl (C=O) groups is 1. The van der Waals surface area contributed by atoms with E-state index in [9.17, 15) is 4.79 Å². The third-order valence-corrected chi connectivity index (χ3v) is 7.54. The number of rotatable bonds is 1. The molecule has 25 heavy (non-hydrogen) atoms. The second-order valence-electron chi connectivity index (χ2n) is 8.09. The van der Waals surface area contributed by atoms with E-state index in [-0.39, 0.29) is 22.6 Å². The fraction of sp³-hybridized carbons (Fsp3) is 0.429.